The van der Waals surface area contributed by atoms with Crippen LogP contribution in [0.5, 0.6) is 0 Å². The summed E-state index contributed by atoms with van der Waals surface area (Å²) in [5, 5.41) is 3.36. The van der Waals surface area contributed by atoms with Crippen LogP contribution in [0.4, 0.5) is 0 Å². The highest BCUT2D eigenvalue weighted by atomic mass is 35.5. The fraction of sp³-hybridized carbons (Fsp3) is 0.143. The van der Waals surface area contributed by atoms with Gasteiger partial charge in [-0.25, -0.2) is 0 Å². The van der Waals surface area contributed by atoms with Gasteiger partial charge in [0.05, 0.1) is 8.07 Å². The normalized spacial score (nSPS) is 12.6. The molecule has 0 N–H and O–H groups in total. The summed E-state index contributed by atoms with van der Waals surface area (Å²) in [6, 6.07) is 23.3. The maximum absolute atomic E-state index is 6.01. The Kier molecular flexibility index (Phi) is 5.19. The number of rotatable bonds is 4. The average Bonchev–Trinajstić information content (AvgIpc) is 2.55. The van der Waals surface area contributed by atoms with E-state index in [9.17, 15) is 0 Å². The first-order chi connectivity index (χ1) is 11.4. The molecular formula is C21H21ClSSi. The van der Waals surface area contributed by atoms with Crippen molar-refractivity contribution >= 4 is 48.3 Å². The highest BCUT2D eigenvalue weighted by Gasteiger charge is 2.21. The molecule has 3 heteroatoms. The summed E-state index contributed by atoms with van der Waals surface area (Å²) in [5.41, 5.74) is 1.27. The Morgan fingerprint density at radius 1 is 0.875 bits per heavy atom. The van der Waals surface area contributed by atoms with Crippen molar-refractivity contribution < 1.29 is 0 Å². The van der Waals surface area contributed by atoms with Gasteiger partial charge in [-0.15, -0.1) is 0 Å². The van der Waals surface area contributed by atoms with Crippen LogP contribution in [0.25, 0.3) is 16.8 Å². The SMILES string of the molecule is C[Si](C)(C)/C(=C\c1ccc2ccccc2c1)Sc1ccc(Cl)cc1. The lowest BCUT2D eigenvalue weighted by atomic mass is 10.1. The van der Waals surface area contributed by atoms with Gasteiger partial charge in [-0.2, -0.15) is 0 Å². The van der Waals surface area contributed by atoms with Crippen LogP contribution in [0.15, 0.2) is 76.2 Å². The Balaban J connectivity index is 1.97. The molecule has 3 aromatic rings. The first kappa shape index (κ1) is 17.3. The van der Waals surface area contributed by atoms with Gasteiger partial charge in [-0.3, -0.25) is 0 Å². The van der Waals surface area contributed by atoms with Crippen LogP contribution < -0.4 is 0 Å². The van der Waals surface area contributed by atoms with Gasteiger partial charge in [0.25, 0.3) is 0 Å². The molecule has 0 fully saturated rings. The highest BCUT2D eigenvalue weighted by Crippen LogP contribution is 2.35. The molecular weight excluding hydrogens is 348 g/mol. The van der Waals surface area contributed by atoms with Crippen LogP contribution in [-0.4, -0.2) is 8.07 Å². The molecule has 0 heterocycles. The molecule has 0 saturated carbocycles. The van der Waals surface area contributed by atoms with Crippen molar-refractivity contribution in [2.45, 2.75) is 24.5 Å². The fourth-order valence-electron chi connectivity index (χ4n) is 2.48. The number of benzene rings is 3. The second kappa shape index (κ2) is 7.18. The van der Waals surface area contributed by atoms with Crippen LogP contribution in [0.3, 0.4) is 0 Å². The van der Waals surface area contributed by atoms with Crippen molar-refractivity contribution in [3.63, 3.8) is 0 Å². The van der Waals surface area contributed by atoms with Crippen molar-refractivity contribution in [3.8, 4) is 0 Å². The molecule has 0 saturated heterocycles. The van der Waals surface area contributed by atoms with Gasteiger partial charge in [0.2, 0.25) is 0 Å². The molecule has 0 aliphatic carbocycles. The molecule has 0 unspecified atom stereocenters. The van der Waals surface area contributed by atoms with Gasteiger partial charge >= 0.3 is 0 Å². The second-order valence-electron chi connectivity index (χ2n) is 6.92. The van der Waals surface area contributed by atoms with E-state index in [0.717, 1.165) is 5.02 Å². The van der Waals surface area contributed by atoms with Crippen molar-refractivity contribution in [2.75, 3.05) is 0 Å². The molecule has 0 aliphatic rings. The molecule has 0 radical (unpaired) electrons. The minimum atomic E-state index is -1.44. The third-order valence-electron chi connectivity index (χ3n) is 3.85. The molecule has 122 valence electrons. The highest BCUT2D eigenvalue weighted by molar-refractivity contribution is 8.05. The summed E-state index contributed by atoms with van der Waals surface area (Å²) >= 11 is 7.88. The second-order valence-corrected chi connectivity index (χ2v) is 13.9. The molecule has 0 amide bonds. The largest absolute Gasteiger partial charge is 0.0991 e. The number of halogens is 1. The summed E-state index contributed by atoms with van der Waals surface area (Å²) in [5.74, 6) is 0. The Labute approximate surface area is 154 Å². The quantitative estimate of drug-likeness (QED) is 0.339. The lowest BCUT2D eigenvalue weighted by Crippen LogP contribution is -2.21. The summed E-state index contributed by atoms with van der Waals surface area (Å²) in [7, 11) is -1.44. The van der Waals surface area contributed by atoms with Gasteiger partial charge in [-0.05, 0) is 57.3 Å². The molecule has 0 aliphatic heterocycles. The number of fused-ring (bicyclic) bond motifs is 1. The molecule has 0 nitrogen and oxygen atoms in total. The van der Waals surface area contributed by atoms with Gasteiger partial charge in [0.1, 0.15) is 0 Å². The van der Waals surface area contributed by atoms with E-state index >= 15 is 0 Å². The Hall–Kier alpha value is -1.48. The molecule has 0 spiro atoms. The molecule has 24 heavy (non-hydrogen) atoms. The van der Waals surface area contributed by atoms with E-state index in [2.05, 4.69) is 80.3 Å². The maximum atomic E-state index is 6.01. The number of hydrogen-bond donors (Lipinski definition) is 0. The standard InChI is InChI=1S/C21H21ClSSi/c1-24(2,3)21(23-20-12-10-19(22)11-13-20)15-16-8-9-17-6-4-5-7-18(17)14-16/h4-15H,1-3H3/b21-15-. The monoisotopic (exact) mass is 368 g/mol. The fourth-order valence-corrected chi connectivity index (χ4v) is 5.50. The lowest BCUT2D eigenvalue weighted by molar-refractivity contribution is 1.47. The van der Waals surface area contributed by atoms with E-state index < -0.39 is 8.07 Å². The van der Waals surface area contributed by atoms with Crippen LogP contribution in [0.1, 0.15) is 5.56 Å². The van der Waals surface area contributed by atoms with Crippen LogP contribution in [0.2, 0.25) is 24.7 Å². The van der Waals surface area contributed by atoms with Crippen molar-refractivity contribution in [2.24, 2.45) is 0 Å². The molecule has 0 aromatic heterocycles. The van der Waals surface area contributed by atoms with Gasteiger partial charge in [0.15, 0.2) is 0 Å². The van der Waals surface area contributed by atoms with Crippen LogP contribution in [-0.2, 0) is 0 Å². The van der Waals surface area contributed by atoms with E-state index in [1.165, 1.54) is 25.8 Å². The van der Waals surface area contributed by atoms with Crippen molar-refractivity contribution in [3.05, 3.63) is 81.8 Å². The first-order valence-electron chi connectivity index (χ1n) is 8.06. The molecule has 0 bridgehead atoms. The smallest absolute Gasteiger partial charge is 0.0862 e. The summed E-state index contributed by atoms with van der Waals surface area (Å²) in [6.07, 6.45) is 2.36. The van der Waals surface area contributed by atoms with Crippen molar-refractivity contribution in [1.82, 2.24) is 0 Å². The van der Waals surface area contributed by atoms with E-state index in [-0.39, 0.29) is 0 Å². The summed E-state index contributed by atoms with van der Waals surface area (Å²) in [6.45, 7) is 7.17. The molecule has 3 aromatic carbocycles. The third-order valence-corrected chi connectivity index (χ3v) is 8.72. The minimum Gasteiger partial charge on any atom is -0.0991 e. The Morgan fingerprint density at radius 3 is 2.21 bits per heavy atom. The zero-order chi connectivity index (χ0) is 17.2. The molecule has 0 atom stereocenters. The van der Waals surface area contributed by atoms with Gasteiger partial charge in [0, 0.05) is 9.92 Å². The van der Waals surface area contributed by atoms with Crippen molar-refractivity contribution in [1.29, 1.82) is 0 Å². The number of hydrogen-bond acceptors (Lipinski definition) is 1. The van der Waals surface area contributed by atoms with E-state index in [0.29, 0.717) is 0 Å². The van der Waals surface area contributed by atoms with E-state index in [1.54, 1.807) is 0 Å². The van der Waals surface area contributed by atoms with Crippen LogP contribution in [0, 0.1) is 0 Å². The number of thioether (sulfide) groups is 1. The lowest BCUT2D eigenvalue weighted by Gasteiger charge is -2.21. The zero-order valence-corrected chi connectivity index (χ0v) is 16.8. The topological polar surface area (TPSA) is 0 Å². The zero-order valence-electron chi connectivity index (χ0n) is 14.2. The predicted octanol–water partition coefficient (Wildman–Crippen LogP) is 7.50. The Morgan fingerprint density at radius 2 is 1.54 bits per heavy atom. The average molecular weight is 369 g/mol. The van der Waals surface area contributed by atoms with E-state index in [4.69, 9.17) is 11.6 Å². The van der Waals surface area contributed by atoms with Crippen LogP contribution >= 0.6 is 23.4 Å². The van der Waals surface area contributed by atoms with Gasteiger partial charge < -0.3 is 0 Å². The summed E-state index contributed by atoms with van der Waals surface area (Å²) < 4.78 is 1.47. The van der Waals surface area contributed by atoms with E-state index in [1.807, 2.05) is 23.9 Å². The maximum Gasteiger partial charge on any atom is 0.0862 e. The predicted molar refractivity (Wildman–Crippen MR) is 113 cm³/mol. The summed E-state index contributed by atoms with van der Waals surface area (Å²) in [4.78, 5) is 1.24. The Bertz CT molecular complexity index is 876. The first-order valence-corrected chi connectivity index (χ1v) is 12.8. The van der Waals surface area contributed by atoms with Gasteiger partial charge in [-0.1, -0.05) is 79.4 Å². The third kappa shape index (κ3) is 4.32. The minimum absolute atomic E-state index is 0.785. The molecule has 3 rings (SSSR count).